The van der Waals surface area contributed by atoms with Gasteiger partial charge in [-0.2, -0.15) is 0 Å². The van der Waals surface area contributed by atoms with E-state index in [1.807, 2.05) is 49.0 Å². The first-order chi connectivity index (χ1) is 8.70. The van der Waals surface area contributed by atoms with Crippen molar-refractivity contribution < 1.29 is 0 Å². The Morgan fingerprint density at radius 1 is 1.11 bits per heavy atom. The van der Waals surface area contributed by atoms with Gasteiger partial charge in [0.05, 0.1) is 16.6 Å². The molecule has 1 aromatic carbocycles. The van der Waals surface area contributed by atoms with Crippen molar-refractivity contribution in [2.75, 3.05) is 0 Å². The lowest BCUT2D eigenvalue weighted by molar-refractivity contribution is 0.665. The lowest BCUT2D eigenvalue weighted by atomic mass is 10.2. The molecule has 90 valence electrons. The summed E-state index contributed by atoms with van der Waals surface area (Å²) in [4.78, 5) is 16.5. The van der Waals surface area contributed by atoms with Gasteiger partial charge in [-0.05, 0) is 24.6 Å². The van der Waals surface area contributed by atoms with E-state index in [0.29, 0.717) is 5.39 Å². The molecule has 0 bridgehead atoms. The summed E-state index contributed by atoms with van der Waals surface area (Å²) < 4.78 is 3.54. The van der Waals surface area contributed by atoms with E-state index in [4.69, 9.17) is 0 Å². The third-order valence-corrected chi connectivity index (χ3v) is 3.15. The third kappa shape index (κ3) is 1.39. The second-order valence-electron chi connectivity index (χ2n) is 4.33. The van der Waals surface area contributed by atoms with Gasteiger partial charge in [0.25, 0.3) is 5.56 Å². The molecular formula is C14H13N3O. The summed E-state index contributed by atoms with van der Waals surface area (Å²) in [5, 5.41) is 0.654. The van der Waals surface area contributed by atoms with E-state index in [1.165, 1.54) is 0 Å². The van der Waals surface area contributed by atoms with E-state index in [1.54, 1.807) is 17.1 Å². The van der Waals surface area contributed by atoms with Gasteiger partial charge in [0.1, 0.15) is 0 Å². The molecule has 0 atom stereocenters. The lowest BCUT2D eigenvalue weighted by Gasteiger charge is -2.07. The van der Waals surface area contributed by atoms with Gasteiger partial charge in [-0.25, -0.2) is 4.68 Å². The minimum Gasteiger partial charge on any atom is -0.280 e. The summed E-state index contributed by atoms with van der Waals surface area (Å²) in [6.45, 7) is 1.96. The monoisotopic (exact) mass is 239 g/mol. The number of nitrogens with zero attached hydrogens (tertiary/aromatic N) is 3. The van der Waals surface area contributed by atoms with Crippen molar-refractivity contribution in [2.45, 2.75) is 6.92 Å². The van der Waals surface area contributed by atoms with Gasteiger partial charge >= 0.3 is 0 Å². The van der Waals surface area contributed by atoms with Gasteiger partial charge in [-0.3, -0.25) is 14.5 Å². The standard InChI is InChI=1S/C14H13N3O/c1-10-8-15-9-12-13(10)16(2)17(14(12)18)11-6-4-3-5-7-11/h3-9H,1-2H3. The van der Waals surface area contributed by atoms with Crippen molar-refractivity contribution in [1.82, 2.24) is 14.3 Å². The van der Waals surface area contributed by atoms with Crippen LogP contribution in [0.1, 0.15) is 5.56 Å². The Morgan fingerprint density at radius 3 is 2.50 bits per heavy atom. The minimum atomic E-state index is -0.0325. The van der Waals surface area contributed by atoms with E-state index >= 15 is 0 Å². The Hall–Kier alpha value is -2.36. The molecule has 0 saturated heterocycles. The van der Waals surface area contributed by atoms with Crippen molar-refractivity contribution >= 4 is 10.9 Å². The summed E-state index contributed by atoms with van der Waals surface area (Å²) in [5.41, 5.74) is 2.76. The molecule has 2 aromatic heterocycles. The first kappa shape index (κ1) is 10.8. The van der Waals surface area contributed by atoms with Crippen LogP contribution in [0.15, 0.2) is 47.5 Å². The van der Waals surface area contributed by atoms with Gasteiger partial charge in [0.2, 0.25) is 0 Å². The van der Waals surface area contributed by atoms with Gasteiger partial charge in [0.15, 0.2) is 0 Å². The minimum absolute atomic E-state index is 0.0325. The summed E-state index contributed by atoms with van der Waals surface area (Å²) in [6.07, 6.45) is 3.40. The van der Waals surface area contributed by atoms with Crippen LogP contribution in [0.3, 0.4) is 0 Å². The van der Waals surface area contributed by atoms with Crippen LogP contribution in [0.4, 0.5) is 0 Å². The molecule has 4 heteroatoms. The molecule has 0 aliphatic carbocycles. The second kappa shape index (κ2) is 3.84. The zero-order chi connectivity index (χ0) is 12.7. The molecule has 18 heavy (non-hydrogen) atoms. The number of aromatic nitrogens is 3. The molecule has 2 heterocycles. The number of fused-ring (bicyclic) bond motifs is 1. The zero-order valence-corrected chi connectivity index (χ0v) is 10.3. The number of aryl methyl sites for hydroxylation is 2. The van der Waals surface area contributed by atoms with E-state index < -0.39 is 0 Å². The highest BCUT2D eigenvalue weighted by Crippen LogP contribution is 2.16. The van der Waals surface area contributed by atoms with Gasteiger partial charge in [-0.1, -0.05) is 18.2 Å². The van der Waals surface area contributed by atoms with Gasteiger partial charge < -0.3 is 0 Å². The quantitative estimate of drug-likeness (QED) is 0.652. The number of rotatable bonds is 1. The number of benzene rings is 1. The Bertz CT molecular complexity index is 769. The van der Waals surface area contributed by atoms with Crippen LogP contribution in [0, 0.1) is 6.92 Å². The van der Waals surface area contributed by atoms with Crippen LogP contribution in [-0.4, -0.2) is 14.3 Å². The second-order valence-corrected chi connectivity index (χ2v) is 4.33. The molecule has 0 N–H and O–H groups in total. The topological polar surface area (TPSA) is 39.8 Å². The Labute approximate surface area is 104 Å². The zero-order valence-electron chi connectivity index (χ0n) is 10.3. The molecule has 3 aromatic rings. The normalized spacial score (nSPS) is 11.0. The number of pyridine rings is 1. The maximum absolute atomic E-state index is 12.4. The van der Waals surface area contributed by atoms with Crippen molar-refractivity contribution in [2.24, 2.45) is 7.05 Å². The van der Waals surface area contributed by atoms with Crippen molar-refractivity contribution in [3.05, 3.63) is 58.6 Å². The van der Waals surface area contributed by atoms with E-state index in [0.717, 1.165) is 16.8 Å². The summed E-state index contributed by atoms with van der Waals surface area (Å²) >= 11 is 0. The number of hydrogen-bond donors (Lipinski definition) is 0. The highest BCUT2D eigenvalue weighted by Gasteiger charge is 2.13. The fraction of sp³-hybridized carbons (Fsp3) is 0.143. The van der Waals surface area contributed by atoms with Crippen LogP contribution in [0.2, 0.25) is 0 Å². The smallest absolute Gasteiger partial charge is 0.280 e. The molecule has 0 amide bonds. The first-order valence-electron chi connectivity index (χ1n) is 5.78. The van der Waals surface area contributed by atoms with Crippen molar-refractivity contribution in [1.29, 1.82) is 0 Å². The van der Waals surface area contributed by atoms with Crippen LogP contribution >= 0.6 is 0 Å². The predicted octanol–water partition coefficient (Wildman–Crippen LogP) is 2.03. The van der Waals surface area contributed by atoms with E-state index in [2.05, 4.69) is 4.98 Å². The fourth-order valence-electron chi connectivity index (χ4n) is 2.35. The van der Waals surface area contributed by atoms with Crippen LogP contribution < -0.4 is 5.56 Å². The molecular weight excluding hydrogens is 226 g/mol. The van der Waals surface area contributed by atoms with E-state index in [9.17, 15) is 4.79 Å². The highest BCUT2D eigenvalue weighted by molar-refractivity contribution is 5.81. The predicted molar refractivity (Wildman–Crippen MR) is 71.0 cm³/mol. The molecule has 0 fully saturated rings. The third-order valence-electron chi connectivity index (χ3n) is 3.15. The number of hydrogen-bond acceptors (Lipinski definition) is 2. The molecule has 3 rings (SSSR count). The van der Waals surface area contributed by atoms with Crippen molar-refractivity contribution in [3.63, 3.8) is 0 Å². The first-order valence-corrected chi connectivity index (χ1v) is 5.78. The maximum Gasteiger partial charge on any atom is 0.280 e. The summed E-state index contributed by atoms with van der Waals surface area (Å²) in [6, 6.07) is 9.62. The number of para-hydroxylation sites is 1. The molecule has 0 aliphatic heterocycles. The van der Waals surface area contributed by atoms with Crippen LogP contribution in [0.5, 0.6) is 0 Å². The van der Waals surface area contributed by atoms with Crippen LogP contribution in [0.25, 0.3) is 16.6 Å². The average molecular weight is 239 g/mol. The van der Waals surface area contributed by atoms with E-state index in [-0.39, 0.29) is 5.56 Å². The van der Waals surface area contributed by atoms with Gasteiger partial charge in [-0.15, -0.1) is 0 Å². The Balaban J connectivity index is 2.46. The molecule has 0 radical (unpaired) electrons. The molecule has 0 saturated carbocycles. The summed E-state index contributed by atoms with van der Waals surface area (Å²) in [5.74, 6) is 0. The highest BCUT2D eigenvalue weighted by atomic mass is 16.1. The Kier molecular flexibility index (Phi) is 2.30. The average Bonchev–Trinajstić information content (AvgIpc) is 2.64. The van der Waals surface area contributed by atoms with Gasteiger partial charge in [0, 0.05) is 19.4 Å². The van der Waals surface area contributed by atoms with Crippen molar-refractivity contribution in [3.8, 4) is 5.69 Å². The SMILES string of the molecule is Cc1cncc2c(=O)n(-c3ccccc3)n(C)c12. The lowest BCUT2D eigenvalue weighted by Crippen LogP contribution is -2.19. The molecule has 0 spiro atoms. The maximum atomic E-state index is 12.4. The van der Waals surface area contributed by atoms with Crippen LogP contribution in [-0.2, 0) is 7.05 Å². The molecule has 4 nitrogen and oxygen atoms in total. The Morgan fingerprint density at radius 2 is 1.83 bits per heavy atom. The summed E-state index contributed by atoms with van der Waals surface area (Å²) in [7, 11) is 1.89. The fourth-order valence-corrected chi connectivity index (χ4v) is 2.35. The molecule has 0 aliphatic rings. The largest absolute Gasteiger partial charge is 0.280 e. The molecule has 0 unspecified atom stereocenters.